The molecule has 0 bridgehead atoms. The molecule has 0 spiro atoms. The lowest BCUT2D eigenvalue weighted by Gasteiger charge is -2.31. The number of H-pyrrole nitrogens is 1. The number of nitrogens with zero attached hydrogens (tertiary/aromatic N) is 5. The third kappa shape index (κ3) is 4.35. The molecule has 218 valence electrons. The Labute approximate surface area is 239 Å². The lowest BCUT2D eigenvalue weighted by atomic mass is 9.95. The summed E-state index contributed by atoms with van der Waals surface area (Å²) in [5, 5.41) is 14.5. The van der Waals surface area contributed by atoms with E-state index in [1.54, 1.807) is 0 Å². The van der Waals surface area contributed by atoms with E-state index in [-0.39, 0.29) is 40.7 Å². The quantitative estimate of drug-likeness (QED) is 0.349. The summed E-state index contributed by atoms with van der Waals surface area (Å²) < 4.78 is 42.1. The topological polar surface area (TPSA) is 109 Å². The summed E-state index contributed by atoms with van der Waals surface area (Å²) in [5.41, 5.74) is -0.544. The highest BCUT2D eigenvalue weighted by Gasteiger charge is 2.49. The van der Waals surface area contributed by atoms with Crippen LogP contribution in [-0.2, 0) is 4.74 Å². The van der Waals surface area contributed by atoms with Gasteiger partial charge in [0.25, 0.3) is 5.56 Å². The molecule has 10 nitrogen and oxygen atoms in total. The number of hydrogen-bond donors (Lipinski definition) is 2. The highest BCUT2D eigenvalue weighted by Crippen LogP contribution is 2.40. The Kier molecular flexibility index (Phi) is 6.51. The van der Waals surface area contributed by atoms with Crippen LogP contribution in [0.3, 0.4) is 0 Å². The Morgan fingerprint density at radius 1 is 1.19 bits per heavy atom. The number of aromatic hydroxyl groups is 1. The van der Waals surface area contributed by atoms with Gasteiger partial charge in [-0.3, -0.25) is 14.8 Å². The van der Waals surface area contributed by atoms with Crippen molar-refractivity contribution in [1.29, 1.82) is 0 Å². The molecule has 12 heteroatoms. The van der Waals surface area contributed by atoms with Crippen molar-refractivity contribution in [3.63, 3.8) is 0 Å². The number of ether oxygens (including phenoxy) is 2. The predicted octanol–water partition coefficient (Wildman–Crippen LogP) is 3.27. The van der Waals surface area contributed by atoms with Crippen molar-refractivity contribution in [2.24, 2.45) is 0 Å². The van der Waals surface area contributed by atoms with Gasteiger partial charge in [0.15, 0.2) is 11.5 Å². The summed E-state index contributed by atoms with van der Waals surface area (Å²) in [5.74, 6) is 2.01. The van der Waals surface area contributed by atoms with Crippen molar-refractivity contribution in [3.05, 3.63) is 46.0 Å². The van der Waals surface area contributed by atoms with Gasteiger partial charge in [-0.1, -0.05) is 12.0 Å². The highest BCUT2D eigenvalue weighted by molar-refractivity contribution is 5.97. The second-order valence-corrected chi connectivity index (χ2v) is 11.3. The molecule has 7 rings (SSSR count). The fourth-order valence-electron chi connectivity index (χ4n) is 6.76. The Balaban J connectivity index is 1.38. The van der Waals surface area contributed by atoms with E-state index in [0.717, 1.165) is 25.8 Å². The van der Waals surface area contributed by atoms with Crippen LogP contribution < -0.4 is 15.2 Å². The molecule has 3 fully saturated rings. The summed E-state index contributed by atoms with van der Waals surface area (Å²) in [6.07, 6.45) is 7.71. The molecule has 0 saturated carbocycles. The predicted molar refractivity (Wildman–Crippen MR) is 153 cm³/mol. The van der Waals surface area contributed by atoms with Gasteiger partial charge in [-0.05, 0) is 43.3 Å². The maximum absolute atomic E-state index is 14.8. The zero-order chi connectivity index (χ0) is 29.0. The second kappa shape index (κ2) is 10.3. The Bertz CT molecular complexity index is 1790. The van der Waals surface area contributed by atoms with Crippen LogP contribution in [-0.4, -0.2) is 87.5 Å². The average Bonchev–Trinajstić information content (AvgIpc) is 3.51. The number of hydrogen-bond acceptors (Lipinski definition) is 8. The number of phenols is 1. The normalized spacial score (nSPS) is 22.9. The fourth-order valence-corrected chi connectivity index (χ4v) is 6.76. The van der Waals surface area contributed by atoms with Crippen LogP contribution in [0.15, 0.2) is 29.1 Å². The Hall–Kier alpha value is -4.21. The largest absolute Gasteiger partial charge is 0.508 e. The third-order valence-corrected chi connectivity index (χ3v) is 8.67. The van der Waals surface area contributed by atoms with Gasteiger partial charge < -0.3 is 19.5 Å². The van der Waals surface area contributed by atoms with Crippen LogP contribution in [0, 0.1) is 18.2 Å². The standard InChI is InChI=1S/C30H30F2N6O4/c1-2-21-22(32)6-5-18-13-20(39)14-23(24(18)21)38-28(40)25-26(35-38)33-29(34-27(25)36-8-4-11-41-12-10-36)42-17-30-7-3-9-37(30)16-19(31)15-30/h1,5-6,13-14,19,39H,3-4,7-12,15-17H2,(H,33,34,35). The molecule has 0 amide bonds. The SMILES string of the molecule is C#Cc1c(F)ccc2cc(O)cc(-n3[nH]c4nc(OCC56CCCN5CC(F)C6)nc(N5CCCOCC5)c4c3=O)c12. The van der Waals surface area contributed by atoms with Crippen LogP contribution >= 0.6 is 0 Å². The van der Waals surface area contributed by atoms with Gasteiger partial charge in [-0.2, -0.15) is 9.97 Å². The van der Waals surface area contributed by atoms with Crippen molar-refractivity contribution in [2.75, 3.05) is 50.9 Å². The minimum absolute atomic E-state index is 0.0313. The second-order valence-electron chi connectivity index (χ2n) is 11.3. The summed E-state index contributed by atoms with van der Waals surface area (Å²) in [7, 11) is 0. The van der Waals surface area contributed by atoms with Crippen LogP contribution in [0.1, 0.15) is 31.2 Å². The average molecular weight is 577 g/mol. The number of alkyl halides is 1. The number of anilines is 1. The molecule has 3 aliphatic heterocycles. The first-order valence-electron chi connectivity index (χ1n) is 14.2. The maximum Gasteiger partial charge on any atom is 0.320 e. The number of nitrogens with one attached hydrogen (secondary N) is 1. The van der Waals surface area contributed by atoms with Gasteiger partial charge in [0.2, 0.25) is 0 Å². The van der Waals surface area contributed by atoms with Crippen molar-refractivity contribution in [3.8, 4) is 29.8 Å². The number of aromatic amines is 1. The van der Waals surface area contributed by atoms with Gasteiger partial charge in [-0.15, -0.1) is 6.42 Å². The number of halogens is 2. The number of phenolic OH excluding ortho intramolecular Hbond substituents is 1. The zero-order valence-electron chi connectivity index (χ0n) is 22.9. The van der Waals surface area contributed by atoms with Crippen molar-refractivity contribution >= 4 is 27.6 Å². The van der Waals surface area contributed by atoms with Crippen LogP contribution in [0.25, 0.3) is 27.5 Å². The van der Waals surface area contributed by atoms with E-state index in [9.17, 15) is 18.7 Å². The van der Waals surface area contributed by atoms with E-state index >= 15 is 0 Å². The minimum Gasteiger partial charge on any atom is -0.508 e. The Morgan fingerprint density at radius 3 is 2.93 bits per heavy atom. The van der Waals surface area contributed by atoms with Gasteiger partial charge >= 0.3 is 6.01 Å². The first-order valence-corrected chi connectivity index (χ1v) is 14.2. The summed E-state index contributed by atoms with van der Waals surface area (Å²) in [6, 6.07) is 5.59. The molecular formula is C30H30F2N6O4. The van der Waals surface area contributed by atoms with Crippen molar-refractivity contribution in [2.45, 2.75) is 37.4 Å². The minimum atomic E-state index is -0.898. The molecule has 0 radical (unpaired) electrons. The number of benzene rings is 2. The van der Waals surface area contributed by atoms with Crippen molar-refractivity contribution < 1.29 is 23.4 Å². The summed E-state index contributed by atoms with van der Waals surface area (Å²) >= 11 is 0. The zero-order valence-corrected chi connectivity index (χ0v) is 22.9. The molecule has 3 aliphatic rings. The molecule has 0 aliphatic carbocycles. The first kappa shape index (κ1) is 26.7. The number of rotatable bonds is 5. The first-order chi connectivity index (χ1) is 20.4. The molecule has 42 heavy (non-hydrogen) atoms. The van der Waals surface area contributed by atoms with E-state index in [0.29, 0.717) is 55.9 Å². The molecule has 2 N–H and O–H groups in total. The molecule has 2 atom stereocenters. The molecule has 4 aromatic rings. The van der Waals surface area contributed by atoms with E-state index < -0.39 is 23.1 Å². The number of aromatic nitrogens is 4. The molecular weight excluding hydrogens is 546 g/mol. The Morgan fingerprint density at radius 2 is 2.07 bits per heavy atom. The highest BCUT2D eigenvalue weighted by atomic mass is 19.1. The van der Waals surface area contributed by atoms with E-state index in [1.807, 2.05) is 4.90 Å². The van der Waals surface area contributed by atoms with Gasteiger partial charge in [0, 0.05) is 44.1 Å². The number of fused-ring (bicyclic) bond motifs is 3. The molecule has 3 saturated heterocycles. The smallest absolute Gasteiger partial charge is 0.320 e. The van der Waals surface area contributed by atoms with E-state index in [1.165, 1.54) is 28.9 Å². The molecule has 2 aromatic heterocycles. The van der Waals surface area contributed by atoms with Crippen LogP contribution in [0.5, 0.6) is 11.8 Å². The van der Waals surface area contributed by atoms with Gasteiger partial charge in [0.1, 0.15) is 29.7 Å². The molecule has 2 unspecified atom stereocenters. The van der Waals surface area contributed by atoms with Gasteiger partial charge in [-0.25, -0.2) is 13.5 Å². The third-order valence-electron chi connectivity index (χ3n) is 8.67. The molecule has 5 heterocycles. The van der Waals surface area contributed by atoms with E-state index in [4.69, 9.17) is 20.9 Å². The summed E-state index contributed by atoms with van der Waals surface area (Å²) in [4.78, 5) is 27.4. The lowest BCUT2D eigenvalue weighted by molar-refractivity contribution is 0.107. The summed E-state index contributed by atoms with van der Waals surface area (Å²) in [6.45, 7) is 3.60. The lowest BCUT2D eigenvalue weighted by Crippen LogP contribution is -2.43. The van der Waals surface area contributed by atoms with E-state index in [2.05, 4.69) is 20.9 Å². The van der Waals surface area contributed by atoms with Crippen LogP contribution in [0.4, 0.5) is 14.6 Å². The monoisotopic (exact) mass is 576 g/mol. The fraction of sp³-hybridized carbons (Fsp3) is 0.433. The van der Waals surface area contributed by atoms with Crippen molar-refractivity contribution in [1.82, 2.24) is 24.6 Å². The molecule has 2 aromatic carbocycles. The number of terminal acetylenes is 1. The maximum atomic E-state index is 14.8. The van der Waals surface area contributed by atoms with Gasteiger partial charge in [0.05, 0.1) is 23.4 Å². The van der Waals surface area contributed by atoms with Crippen LogP contribution in [0.2, 0.25) is 0 Å².